The molecule has 4 rings (SSSR count). The first-order chi connectivity index (χ1) is 13.9. The Morgan fingerprint density at radius 3 is 2.72 bits per heavy atom. The number of carbonyl (C=O) groups is 1. The molecular weight excluding hydrogens is 409 g/mol. The monoisotopic (exact) mass is 429 g/mol. The van der Waals surface area contributed by atoms with E-state index in [9.17, 15) is 9.18 Å². The Labute approximate surface area is 178 Å². The number of aromatic nitrogens is 1. The lowest BCUT2D eigenvalue weighted by Crippen LogP contribution is -2.08. The van der Waals surface area contributed by atoms with Crippen molar-refractivity contribution in [3.05, 3.63) is 65.1 Å². The summed E-state index contributed by atoms with van der Waals surface area (Å²) in [6.07, 6.45) is 0.664. The largest absolute Gasteiger partial charge is 0.456 e. The number of carbonyl (C=O) groups excluding carboxylic acids is 1. The van der Waals surface area contributed by atoms with Crippen LogP contribution in [0.3, 0.4) is 0 Å². The molecule has 1 unspecified atom stereocenters. The Morgan fingerprint density at radius 1 is 1.34 bits per heavy atom. The van der Waals surface area contributed by atoms with E-state index < -0.39 is 0 Å². The maximum Gasteiger partial charge on any atom is 0.306 e. The van der Waals surface area contributed by atoms with E-state index >= 15 is 0 Å². The zero-order valence-electron chi connectivity index (χ0n) is 16.3. The molecule has 3 aromatic rings. The minimum Gasteiger partial charge on any atom is -0.456 e. The Hall–Kier alpha value is -2.24. The molecular formula is C23H21ClFNO2S. The molecule has 0 radical (unpaired) electrons. The van der Waals surface area contributed by atoms with Crippen LogP contribution in [0.4, 0.5) is 4.39 Å². The molecule has 3 nitrogen and oxygen atoms in total. The highest BCUT2D eigenvalue weighted by molar-refractivity contribution is 7.99. The summed E-state index contributed by atoms with van der Waals surface area (Å²) >= 11 is 7.62. The third-order valence-corrected chi connectivity index (χ3v) is 6.48. The number of allylic oxidation sites excluding steroid dienone is 1. The first kappa shape index (κ1) is 20.0. The Balaban J connectivity index is 1.94. The van der Waals surface area contributed by atoms with Crippen molar-refractivity contribution in [1.29, 1.82) is 0 Å². The normalized spacial score (nSPS) is 15.5. The van der Waals surface area contributed by atoms with Crippen molar-refractivity contribution in [3.63, 3.8) is 0 Å². The molecule has 150 valence electrons. The third-order valence-electron chi connectivity index (χ3n) is 5.10. The highest BCUT2D eigenvalue weighted by atomic mass is 35.5. The molecule has 2 aromatic carbocycles. The number of nitrogens with zero attached hydrogens (tertiary/aromatic N) is 1. The SMILES string of the molecule is C=C(C)c1cc(F)cc2c1c(Sc1ccc(Cl)cc1)c1n2CCC1OC(=O)CC. The van der Waals surface area contributed by atoms with Gasteiger partial charge in [-0.15, -0.1) is 0 Å². The number of hydrogen-bond acceptors (Lipinski definition) is 3. The van der Waals surface area contributed by atoms with E-state index in [4.69, 9.17) is 16.3 Å². The van der Waals surface area contributed by atoms with Crippen molar-refractivity contribution in [2.45, 2.75) is 49.1 Å². The van der Waals surface area contributed by atoms with Gasteiger partial charge in [0.05, 0.1) is 11.2 Å². The van der Waals surface area contributed by atoms with Crippen molar-refractivity contribution in [1.82, 2.24) is 4.57 Å². The van der Waals surface area contributed by atoms with Crippen LogP contribution >= 0.6 is 23.4 Å². The number of hydrogen-bond donors (Lipinski definition) is 0. The number of benzene rings is 2. The topological polar surface area (TPSA) is 31.2 Å². The van der Waals surface area contributed by atoms with Crippen LogP contribution in [-0.2, 0) is 16.1 Å². The fourth-order valence-corrected chi connectivity index (χ4v) is 5.08. The minimum absolute atomic E-state index is 0.234. The van der Waals surface area contributed by atoms with Gasteiger partial charge in [-0.2, -0.15) is 0 Å². The van der Waals surface area contributed by atoms with Crippen LogP contribution in [0, 0.1) is 5.82 Å². The maximum atomic E-state index is 14.4. The summed E-state index contributed by atoms with van der Waals surface area (Å²) in [6.45, 7) is 8.39. The molecule has 1 aromatic heterocycles. The molecule has 2 heterocycles. The highest BCUT2D eigenvalue weighted by Gasteiger charge is 2.33. The molecule has 0 N–H and O–H groups in total. The summed E-state index contributed by atoms with van der Waals surface area (Å²) in [4.78, 5) is 14.0. The van der Waals surface area contributed by atoms with E-state index in [1.807, 2.05) is 31.2 Å². The molecule has 6 heteroatoms. The van der Waals surface area contributed by atoms with Gasteiger partial charge in [0, 0.05) is 39.6 Å². The van der Waals surface area contributed by atoms with Crippen molar-refractivity contribution in [3.8, 4) is 0 Å². The number of rotatable bonds is 5. The smallest absolute Gasteiger partial charge is 0.306 e. The van der Waals surface area contributed by atoms with Crippen molar-refractivity contribution < 1.29 is 13.9 Å². The number of halogens is 2. The van der Waals surface area contributed by atoms with Crippen LogP contribution in [-0.4, -0.2) is 10.5 Å². The quantitative estimate of drug-likeness (QED) is 0.408. The highest BCUT2D eigenvalue weighted by Crippen LogP contribution is 2.48. The molecule has 0 aliphatic carbocycles. The van der Waals surface area contributed by atoms with Gasteiger partial charge >= 0.3 is 5.97 Å². The summed E-state index contributed by atoms with van der Waals surface area (Å²) in [5.74, 6) is -0.532. The van der Waals surface area contributed by atoms with Crippen molar-refractivity contribution in [2.75, 3.05) is 0 Å². The average molecular weight is 430 g/mol. The van der Waals surface area contributed by atoms with Crippen molar-refractivity contribution in [2.24, 2.45) is 0 Å². The third kappa shape index (κ3) is 3.69. The van der Waals surface area contributed by atoms with E-state index in [2.05, 4.69) is 11.1 Å². The molecule has 0 amide bonds. The zero-order valence-corrected chi connectivity index (χ0v) is 17.9. The Kier molecular flexibility index (Phi) is 5.45. The Morgan fingerprint density at radius 2 is 2.07 bits per heavy atom. The molecule has 0 spiro atoms. The fourth-order valence-electron chi connectivity index (χ4n) is 3.79. The second kappa shape index (κ2) is 7.88. The van der Waals surface area contributed by atoms with Gasteiger partial charge in [0.2, 0.25) is 0 Å². The van der Waals surface area contributed by atoms with Gasteiger partial charge in [0.15, 0.2) is 0 Å². The summed E-state index contributed by atoms with van der Waals surface area (Å²) < 4.78 is 22.2. The molecule has 1 aliphatic heterocycles. The second-order valence-corrected chi connectivity index (χ2v) is 8.69. The van der Waals surface area contributed by atoms with Crippen LogP contribution < -0.4 is 0 Å². The van der Waals surface area contributed by atoms with E-state index in [-0.39, 0.29) is 17.9 Å². The molecule has 1 atom stereocenters. The van der Waals surface area contributed by atoms with E-state index in [1.54, 1.807) is 24.8 Å². The van der Waals surface area contributed by atoms with Gasteiger partial charge in [-0.3, -0.25) is 4.79 Å². The van der Waals surface area contributed by atoms with Gasteiger partial charge in [-0.25, -0.2) is 4.39 Å². The summed E-state index contributed by atoms with van der Waals surface area (Å²) in [5, 5.41) is 1.62. The van der Waals surface area contributed by atoms with Crippen LogP contribution in [0.1, 0.15) is 44.1 Å². The summed E-state index contributed by atoms with van der Waals surface area (Å²) in [6, 6.07) is 10.7. The molecule has 1 aliphatic rings. The molecule has 0 fully saturated rings. The predicted molar refractivity (Wildman–Crippen MR) is 116 cm³/mol. The first-order valence-corrected chi connectivity index (χ1v) is 10.7. The van der Waals surface area contributed by atoms with Gasteiger partial charge in [0.25, 0.3) is 0 Å². The van der Waals surface area contributed by atoms with E-state index in [0.29, 0.717) is 24.4 Å². The molecule has 0 saturated heterocycles. The zero-order chi connectivity index (χ0) is 20.7. The predicted octanol–water partition coefficient (Wildman–Crippen LogP) is 7.02. The molecule has 0 bridgehead atoms. The lowest BCUT2D eigenvalue weighted by Gasteiger charge is -2.14. The lowest BCUT2D eigenvalue weighted by atomic mass is 10.0. The van der Waals surface area contributed by atoms with Crippen LogP contribution in [0.15, 0.2) is 52.8 Å². The van der Waals surface area contributed by atoms with Gasteiger partial charge in [-0.05, 0) is 48.9 Å². The minimum atomic E-state index is -0.342. The number of esters is 1. The van der Waals surface area contributed by atoms with Crippen LogP contribution in [0.5, 0.6) is 0 Å². The molecule has 0 saturated carbocycles. The van der Waals surface area contributed by atoms with Crippen molar-refractivity contribution >= 4 is 45.8 Å². The second-order valence-electron chi connectivity index (χ2n) is 7.17. The van der Waals surface area contributed by atoms with Gasteiger partial charge < -0.3 is 9.30 Å². The maximum absolute atomic E-state index is 14.4. The van der Waals surface area contributed by atoms with E-state index in [1.165, 1.54) is 6.07 Å². The Bertz CT molecular complexity index is 1120. The summed E-state index contributed by atoms with van der Waals surface area (Å²) in [5.41, 5.74) is 3.30. The first-order valence-electron chi connectivity index (χ1n) is 9.53. The van der Waals surface area contributed by atoms with Gasteiger partial charge in [-0.1, -0.05) is 42.4 Å². The van der Waals surface area contributed by atoms with Gasteiger partial charge in [0.1, 0.15) is 11.9 Å². The van der Waals surface area contributed by atoms with E-state index in [0.717, 1.165) is 37.5 Å². The van der Waals surface area contributed by atoms with Crippen LogP contribution in [0.2, 0.25) is 5.02 Å². The number of fused-ring (bicyclic) bond motifs is 3. The van der Waals surface area contributed by atoms with Crippen LogP contribution in [0.25, 0.3) is 16.5 Å². The summed E-state index contributed by atoms with van der Waals surface area (Å²) in [7, 11) is 0. The standard InChI is InChI=1S/C23H21ClFNO2S/c1-4-20(27)28-19-9-10-26-18-12-15(25)11-17(13(2)3)21(18)23(22(19)26)29-16-7-5-14(24)6-8-16/h5-8,11-12,19H,2,4,9-10H2,1,3H3. The average Bonchev–Trinajstić information content (AvgIpc) is 3.22. The molecule has 29 heavy (non-hydrogen) atoms. The number of ether oxygens (including phenoxy) is 1. The number of aryl methyl sites for hydroxylation is 1. The lowest BCUT2D eigenvalue weighted by molar-refractivity contribution is -0.149. The fraction of sp³-hybridized carbons (Fsp3) is 0.261.